The second kappa shape index (κ2) is 5.35. The number of hydrogen-bond acceptors (Lipinski definition) is 4. The van der Waals surface area contributed by atoms with Crippen molar-refractivity contribution in [2.45, 2.75) is 25.9 Å². The van der Waals surface area contributed by atoms with Crippen molar-refractivity contribution in [1.82, 2.24) is 30.0 Å². The molecule has 2 aromatic heterocycles. The maximum atomic E-state index is 12.2. The monoisotopic (exact) mass is 284 g/mol. The van der Waals surface area contributed by atoms with Crippen molar-refractivity contribution < 1.29 is 4.79 Å². The third-order valence-electron chi connectivity index (χ3n) is 3.39. The Bertz CT molecular complexity index is 715. The molecule has 0 radical (unpaired) electrons. The number of carbonyl (C=O) groups is 1. The molecule has 2 atom stereocenters. The topological polar surface area (TPSA) is 88.5 Å². The number of amides is 1. The van der Waals surface area contributed by atoms with Gasteiger partial charge >= 0.3 is 0 Å². The third kappa shape index (κ3) is 2.62. The first kappa shape index (κ1) is 13.3. The Morgan fingerprint density at radius 1 is 1.33 bits per heavy atom. The summed E-state index contributed by atoms with van der Waals surface area (Å²) >= 11 is 0. The fourth-order valence-electron chi connectivity index (χ4n) is 2.12. The summed E-state index contributed by atoms with van der Waals surface area (Å²) in [5.74, 6) is 0.601. The molecule has 1 aromatic carbocycles. The average Bonchev–Trinajstić information content (AvgIpc) is 3.15. The van der Waals surface area contributed by atoms with Crippen molar-refractivity contribution in [3.8, 4) is 0 Å². The largest absolute Gasteiger partial charge is 0.345 e. The van der Waals surface area contributed by atoms with Crippen LogP contribution in [0.2, 0.25) is 0 Å². The Morgan fingerprint density at radius 2 is 2.14 bits per heavy atom. The minimum Gasteiger partial charge on any atom is -0.345 e. The number of carbonyl (C=O) groups excluding carboxylic acids is 1. The van der Waals surface area contributed by atoms with Crippen LogP contribution in [0.15, 0.2) is 36.9 Å². The van der Waals surface area contributed by atoms with Crippen molar-refractivity contribution >= 4 is 16.9 Å². The zero-order valence-corrected chi connectivity index (χ0v) is 11.8. The molecule has 21 heavy (non-hydrogen) atoms. The van der Waals surface area contributed by atoms with E-state index in [1.807, 2.05) is 31.2 Å². The molecule has 0 aliphatic carbocycles. The highest BCUT2D eigenvalue weighted by molar-refractivity contribution is 5.80. The minimum absolute atomic E-state index is 0.131. The molecule has 0 saturated heterocycles. The van der Waals surface area contributed by atoms with Crippen molar-refractivity contribution in [3.63, 3.8) is 0 Å². The Kier molecular flexibility index (Phi) is 3.39. The van der Waals surface area contributed by atoms with E-state index in [1.54, 1.807) is 6.92 Å². The number of nitrogens with one attached hydrogen (secondary N) is 2. The van der Waals surface area contributed by atoms with Gasteiger partial charge in [-0.2, -0.15) is 5.10 Å². The van der Waals surface area contributed by atoms with E-state index in [-0.39, 0.29) is 11.9 Å². The highest BCUT2D eigenvalue weighted by atomic mass is 16.2. The van der Waals surface area contributed by atoms with Gasteiger partial charge in [-0.25, -0.2) is 14.6 Å². The summed E-state index contributed by atoms with van der Waals surface area (Å²) in [7, 11) is 0. The molecule has 7 nitrogen and oxygen atoms in total. The van der Waals surface area contributed by atoms with Crippen molar-refractivity contribution in [3.05, 3.63) is 42.7 Å². The minimum atomic E-state index is -0.417. The van der Waals surface area contributed by atoms with E-state index in [0.29, 0.717) is 0 Å². The Balaban J connectivity index is 1.73. The first-order chi connectivity index (χ1) is 10.1. The smallest absolute Gasteiger partial charge is 0.245 e. The van der Waals surface area contributed by atoms with Gasteiger partial charge in [-0.3, -0.25) is 4.79 Å². The van der Waals surface area contributed by atoms with Crippen LogP contribution in [0.4, 0.5) is 0 Å². The lowest BCUT2D eigenvalue weighted by Gasteiger charge is -2.15. The SMILES string of the molecule is CC(NC(=O)C(C)n1cncn1)c1nc2ccccc2[nH]1. The van der Waals surface area contributed by atoms with Crippen LogP contribution < -0.4 is 5.32 Å². The van der Waals surface area contributed by atoms with Gasteiger partial charge in [0.05, 0.1) is 17.1 Å². The van der Waals surface area contributed by atoms with Crippen LogP contribution in [-0.4, -0.2) is 30.6 Å². The van der Waals surface area contributed by atoms with Crippen molar-refractivity contribution in [1.29, 1.82) is 0 Å². The van der Waals surface area contributed by atoms with Gasteiger partial charge in [0, 0.05) is 0 Å². The molecular formula is C14H16N6O. The standard InChI is InChI=1S/C14H16N6O/c1-9(13-18-11-5-3-4-6-12(11)19-13)17-14(21)10(2)20-8-15-7-16-20/h3-10H,1-2H3,(H,17,21)(H,18,19). The molecule has 108 valence electrons. The summed E-state index contributed by atoms with van der Waals surface area (Å²) < 4.78 is 1.51. The van der Waals surface area contributed by atoms with E-state index in [4.69, 9.17) is 0 Å². The van der Waals surface area contributed by atoms with Crippen LogP contribution in [0.5, 0.6) is 0 Å². The molecule has 0 bridgehead atoms. The molecule has 0 fully saturated rings. The van der Waals surface area contributed by atoms with E-state index < -0.39 is 6.04 Å². The van der Waals surface area contributed by atoms with Crippen LogP contribution in [0.3, 0.4) is 0 Å². The molecule has 2 unspecified atom stereocenters. The highest BCUT2D eigenvalue weighted by Crippen LogP contribution is 2.16. The molecule has 2 N–H and O–H groups in total. The van der Waals surface area contributed by atoms with E-state index in [0.717, 1.165) is 16.9 Å². The number of H-pyrrole nitrogens is 1. The zero-order chi connectivity index (χ0) is 14.8. The molecule has 0 aliphatic rings. The van der Waals surface area contributed by atoms with E-state index >= 15 is 0 Å². The summed E-state index contributed by atoms with van der Waals surface area (Å²) in [5.41, 5.74) is 1.84. The van der Waals surface area contributed by atoms with Gasteiger partial charge in [0.1, 0.15) is 24.5 Å². The molecule has 1 amide bonds. The van der Waals surface area contributed by atoms with Crippen molar-refractivity contribution in [2.24, 2.45) is 0 Å². The van der Waals surface area contributed by atoms with E-state index in [9.17, 15) is 4.79 Å². The van der Waals surface area contributed by atoms with Gasteiger partial charge in [0.2, 0.25) is 5.91 Å². The van der Waals surface area contributed by atoms with Gasteiger partial charge < -0.3 is 10.3 Å². The van der Waals surface area contributed by atoms with Gasteiger partial charge in [-0.05, 0) is 26.0 Å². The predicted octanol–water partition coefficient (Wildman–Crippen LogP) is 1.59. The zero-order valence-electron chi connectivity index (χ0n) is 11.8. The fourth-order valence-corrected chi connectivity index (χ4v) is 2.12. The number of aromatic nitrogens is 5. The molecule has 0 saturated carbocycles. The van der Waals surface area contributed by atoms with E-state index in [1.165, 1.54) is 17.3 Å². The van der Waals surface area contributed by atoms with Gasteiger partial charge in [-0.1, -0.05) is 12.1 Å². The number of aromatic amines is 1. The fraction of sp³-hybridized carbons (Fsp3) is 0.286. The highest BCUT2D eigenvalue weighted by Gasteiger charge is 2.19. The number of nitrogens with zero attached hydrogens (tertiary/aromatic N) is 4. The van der Waals surface area contributed by atoms with Gasteiger partial charge in [0.15, 0.2) is 0 Å². The lowest BCUT2D eigenvalue weighted by molar-refractivity contribution is -0.124. The number of benzene rings is 1. The van der Waals surface area contributed by atoms with Crippen LogP contribution >= 0.6 is 0 Å². The molecule has 0 spiro atoms. The van der Waals surface area contributed by atoms with Crippen LogP contribution in [0.25, 0.3) is 11.0 Å². The van der Waals surface area contributed by atoms with Crippen LogP contribution in [0.1, 0.15) is 31.8 Å². The second-order valence-corrected chi connectivity index (χ2v) is 4.92. The second-order valence-electron chi connectivity index (χ2n) is 4.92. The third-order valence-corrected chi connectivity index (χ3v) is 3.39. The predicted molar refractivity (Wildman–Crippen MR) is 77.4 cm³/mol. The Hall–Kier alpha value is -2.70. The van der Waals surface area contributed by atoms with Crippen LogP contribution in [0, 0.1) is 0 Å². The number of rotatable bonds is 4. The average molecular weight is 284 g/mol. The molecule has 2 heterocycles. The number of imidazole rings is 1. The normalized spacial score (nSPS) is 14.0. The Labute approximate surface area is 121 Å². The summed E-state index contributed by atoms with van der Waals surface area (Å²) in [6.45, 7) is 3.67. The summed E-state index contributed by atoms with van der Waals surface area (Å²) in [6.07, 6.45) is 2.93. The quantitative estimate of drug-likeness (QED) is 0.761. The lowest BCUT2D eigenvalue weighted by Crippen LogP contribution is -2.33. The molecule has 7 heteroatoms. The molecule has 0 aliphatic heterocycles. The van der Waals surface area contributed by atoms with Gasteiger partial charge in [0.25, 0.3) is 0 Å². The van der Waals surface area contributed by atoms with Crippen LogP contribution in [-0.2, 0) is 4.79 Å². The summed E-state index contributed by atoms with van der Waals surface area (Å²) in [5, 5.41) is 6.90. The summed E-state index contributed by atoms with van der Waals surface area (Å²) in [6, 6.07) is 7.14. The molecule has 3 rings (SSSR count). The maximum absolute atomic E-state index is 12.2. The maximum Gasteiger partial charge on any atom is 0.245 e. The lowest BCUT2D eigenvalue weighted by atomic mass is 10.2. The van der Waals surface area contributed by atoms with Gasteiger partial charge in [-0.15, -0.1) is 0 Å². The number of fused-ring (bicyclic) bond motifs is 1. The van der Waals surface area contributed by atoms with Crippen molar-refractivity contribution in [2.75, 3.05) is 0 Å². The Morgan fingerprint density at radius 3 is 2.86 bits per heavy atom. The first-order valence-corrected chi connectivity index (χ1v) is 6.74. The number of para-hydroxylation sites is 2. The first-order valence-electron chi connectivity index (χ1n) is 6.74. The van der Waals surface area contributed by atoms with E-state index in [2.05, 4.69) is 25.4 Å². The number of hydrogen-bond donors (Lipinski definition) is 2. The summed E-state index contributed by atoms with van der Waals surface area (Å²) in [4.78, 5) is 23.7. The molecular weight excluding hydrogens is 268 g/mol. The molecule has 3 aromatic rings.